The number of nitrogens with zero attached hydrogens (tertiary/aromatic N) is 3. The van der Waals surface area contributed by atoms with E-state index in [9.17, 15) is 0 Å². The molecule has 0 saturated carbocycles. The highest BCUT2D eigenvalue weighted by Crippen LogP contribution is 2.48. The molecule has 37 heavy (non-hydrogen) atoms. The molecule has 2 heterocycles. The van der Waals surface area contributed by atoms with Gasteiger partial charge in [0.2, 0.25) is 11.8 Å². The van der Waals surface area contributed by atoms with E-state index >= 15 is 0 Å². The average molecular weight is 515 g/mol. The van der Waals surface area contributed by atoms with Gasteiger partial charge in [-0.1, -0.05) is 58.1 Å². The smallest absolute Gasteiger partial charge is 0.247 e. The third-order valence-electron chi connectivity index (χ3n) is 7.48. The van der Waals surface area contributed by atoms with Gasteiger partial charge >= 0.3 is 0 Å². The minimum atomic E-state index is 0.187. The number of aromatic nitrogens is 2. The van der Waals surface area contributed by atoms with Gasteiger partial charge in [-0.25, -0.2) is 4.99 Å². The maximum Gasteiger partial charge on any atom is 0.247 e. The van der Waals surface area contributed by atoms with Gasteiger partial charge in [0.05, 0.1) is 10.6 Å². The highest BCUT2D eigenvalue weighted by molar-refractivity contribution is 7.12. The third kappa shape index (κ3) is 6.19. The Bertz CT molecular complexity index is 1330. The van der Waals surface area contributed by atoms with E-state index in [0.717, 1.165) is 29.0 Å². The first kappa shape index (κ1) is 26.8. The molecule has 0 aliphatic heterocycles. The highest BCUT2D eigenvalue weighted by atomic mass is 32.1. The van der Waals surface area contributed by atoms with Crippen LogP contribution in [0, 0.1) is 0 Å². The molecule has 0 saturated heterocycles. The van der Waals surface area contributed by atoms with Gasteiger partial charge in [-0.2, -0.15) is 0 Å². The molecule has 1 aliphatic carbocycles. The largest absolute Gasteiger partial charge is 0.421 e. The van der Waals surface area contributed by atoms with Crippen LogP contribution in [-0.2, 0) is 17.3 Å². The number of allylic oxidation sites excluding steroid dienone is 5. The third-order valence-corrected chi connectivity index (χ3v) is 8.38. The number of hydrogen-bond donors (Lipinski definition) is 1. The summed E-state index contributed by atoms with van der Waals surface area (Å²) in [7, 11) is 0. The minimum absolute atomic E-state index is 0.187. The number of aliphatic imine (C=N–C) groups is 1. The molecule has 194 valence electrons. The van der Waals surface area contributed by atoms with Crippen LogP contribution in [0.2, 0.25) is 0 Å². The lowest BCUT2D eigenvalue weighted by molar-refractivity contribution is 0.305. The standard InChI is InChI=1S/C31H38N4OS/c1-6-12-23(33-28(32)26-14-11-20-37-26)13-9-8-10-15-27-34-35-29(36-27)22-16-17-24-25(21-22)31(5,7-2)19-18-30(24,3)4/h6,8-9,11-14,16-17,20-21H,7,10,15,18-19H2,1-5H3,(H2,32,33)/b9-8+,12-6-,23-13+. The molecule has 2 aromatic heterocycles. The Labute approximate surface area is 224 Å². The fraction of sp³-hybridized carbons (Fsp3) is 0.387. The Balaban J connectivity index is 1.43. The summed E-state index contributed by atoms with van der Waals surface area (Å²) in [5.74, 6) is 1.77. The van der Waals surface area contributed by atoms with Gasteiger partial charge in [0.1, 0.15) is 5.84 Å². The zero-order chi connectivity index (χ0) is 26.5. The number of rotatable bonds is 9. The van der Waals surface area contributed by atoms with Crippen molar-refractivity contribution in [2.45, 2.75) is 77.6 Å². The molecule has 3 aromatic rings. The second-order valence-electron chi connectivity index (χ2n) is 10.6. The summed E-state index contributed by atoms with van der Waals surface area (Å²) in [6.07, 6.45) is 14.9. The normalized spacial score (nSPS) is 20.1. The summed E-state index contributed by atoms with van der Waals surface area (Å²) < 4.78 is 6.05. The van der Waals surface area contributed by atoms with Crippen molar-refractivity contribution in [3.05, 3.63) is 93.7 Å². The van der Waals surface area contributed by atoms with Gasteiger partial charge in [0.15, 0.2) is 0 Å². The molecule has 0 radical (unpaired) electrons. The number of aryl methyl sites for hydroxylation is 1. The summed E-state index contributed by atoms with van der Waals surface area (Å²) in [4.78, 5) is 5.51. The van der Waals surface area contributed by atoms with Crippen LogP contribution in [0.1, 0.15) is 82.2 Å². The molecule has 5 nitrogen and oxygen atoms in total. The number of amidine groups is 1. The summed E-state index contributed by atoms with van der Waals surface area (Å²) in [5, 5.41) is 10.7. The molecule has 2 N–H and O–H groups in total. The fourth-order valence-corrected chi connectivity index (χ4v) is 5.48. The van der Waals surface area contributed by atoms with Crippen LogP contribution in [-0.4, -0.2) is 16.0 Å². The molecule has 1 unspecified atom stereocenters. The summed E-state index contributed by atoms with van der Waals surface area (Å²) in [5.41, 5.74) is 11.2. The van der Waals surface area contributed by atoms with Crippen molar-refractivity contribution < 1.29 is 4.42 Å². The molecule has 1 atom stereocenters. The van der Waals surface area contributed by atoms with Crippen molar-refractivity contribution in [3.8, 4) is 11.5 Å². The van der Waals surface area contributed by atoms with Crippen LogP contribution in [0.25, 0.3) is 11.5 Å². The lowest BCUT2D eigenvalue weighted by Crippen LogP contribution is -2.35. The quantitative estimate of drug-likeness (QED) is 0.179. The highest BCUT2D eigenvalue weighted by Gasteiger charge is 2.39. The van der Waals surface area contributed by atoms with Crippen LogP contribution in [0.5, 0.6) is 0 Å². The minimum Gasteiger partial charge on any atom is -0.421 e. The number of fused-ring (bicyclic) bond motifs is 1. The second kappa shape index (κ2) is 11.4. The van der Waals surface area contributed by atoms with Crippen LogP contribution in [0.4, 0.5) is 0 Å². The maximum atomic E-state index is 6.13. The number of hydrogen-bond acceptors (Lipinski definition) is 5. The van der Waals surface area contributed by atoms with Crippen LogP contribution < -0.4 is 5.73 Å². The number of benzene rings is 1. The Hall–Kier alpha value is -3.25. The first-order valence-electron chi connectivity index (χ1n) is 13.1. The van der Waals surface area contributed by atoms with Crippen molar-refractivity contribution in [3.63, 3.8) is 0 Å². The molecule has 0 bridgehead atoms. The molecule has 1 aliphatic rings. The molecule has 0 amide bonds. The average Bonchev–Trinajstić information content (AvgIpc) is 3.59. The van der Waals surface area contributed by atoms with Gasteiger partial charge in [-0.05, 0) is 90.3 Å². The van der Waals surface area contributed by atoms with E-state index in [1.54, 1.807) is 11.3 Å². The van der Waals surface area contributed by atoms with E-state index in [4.69, 9.17) is 10.2 Å². The Morgan fingerprint density at radius 3 is 2.73 bits per heavy atom. The SMILES string of the molecule is C\C=C/C(=C\C=C\CCc1nnc(-c2ccc3c(c2)C(C)(CC)CCC3(C)C)o1)N=C(N)c1cccs1. The summed E-state index contributed by atoms with van der Waals surface area (Å²) >= 11 is 1.58. The molecule has 0 spiro atoms. The molecular formula is C31H38N4OS. The number of nitrogens with two attached hydrogens (primary N) is 1. The summed E-state index contributed by atoms with van der Waals surface area (Å²) in [6, 6.07) is 10.6. The van der Waals surface area contributed by atoms with E-state index in [-0.39, 0.29) is 10.8 Å². The van der Waals surface area contributed by atoms with E-state index in [1.807, 2.05) is 48.7 Å². The van der Waals surface area contributed by atoms with Crippen molar-refractivity contribution in [1.29, 1.82) is 0 Å². The lowest BCUT2D eigenvalue weighted by Gasteiger charge is -2.43. The van der Waals surface area contributed by atoms with Crippen molar-refractivity contribution in [2.75, 3.05) is 0 Å². The zero-order valence-corrected chi connectivity index (χ0v) is 23.4. The second-order valence-corrected chi connectivity index (χ2v) is 11.5. The van der Waals surface area contributed by atoms with Gasteiger partial charge in [-0.3, -0.25) is 0 Å². The van der Waals surface area contributed by atoms with E-state index in [0.29, 0.717) is 24.0 Å². The predicted molar refractivity (Wildman–Crippen MR) is 155 cm³/mol. The maximum absolute atomic E-state index is 6.13. The van der Waals surface area contributed by atoms with Gasteiger partial charge in [0.25, 0.3) is 0 Å². The van der Waals surface area contributed by atoms with Crippen LogP contribution in [0.3, 0.4) is 0 Å². The molecule has 6 heteroatoms. The van der Waals surface area contributed by atoms with Crippen LogP contribution in [0.15, 0.2) is 81.2 Å². The molecular weight excluding hydrogens is 476 g/mol. The van der Waals surface area contributed by atoms with E-state index < -0.39 is 0 Å². The Kier molecular flexibility index (Phi) is 8.28. The van der Waals surface area contributed by atoms with Crippen molar-refractivity contribution >= 4 is 17.2 Å². The predicted octanol–water partition coefficient (Wildman–Crippen LogP) is 7.89. The van der Waals surface area contributed by atoms with Crippen molar-refractivity contribution in [2.24, 2.45) is 10.7 Å². The monoisotopic (exact) mass is 514 g/mol. The zero-order valence-electron chi connectivity index (χ0n) is 22.6. The molecule has 4 rings (SSSR count). The van der Waals surface area contributed by atoms with Gasteiger partial charge in [0, 0.05) is 12.0 Å². The fourth-order valence-electron chi connectivity index (χ4n) is 4.85. The molecule has 0 fully saturated rings. The number of thiophene rings is 1. The first-order valence-corrected chi connectivity index (χ1v) is 14.0. The Morgan fingerprint density at radius 1 is 1.16 bits per heavy atom. The summed E-state index contributed by atoms with van der Waals surface area (Å²) in [6.45, 7) is 11.3. The Morgan fingerprint density at radius 2 is 2.00 bits per heavy atom. The van der Waals surface area contributed by atoms with E-state index in [1.165, 1.54) is 24.0 Å². The topological polar surface area (TPSA) is 77.3 Å². The molecule has 1 aromatic carbocycles. The van der Waals surface area contributed by atoms with Gasteiger partial charge < -0.3 is 10.2 Å². The lowest BCUT2D eigenvalue weighted by atomic mass is 9.61. The van der Waals surface area contributed by atoms with Crippen LogP contribution >= 0.6 is 11.3 Å². The van der Waals surface area contributed by atoms with Crippen molar-refractivity contribution in [1.82, 2.24) is 10.2 Å². The van der Waals surface area contributed by atoms with Gasteiger partial charge in [-0.15, -0.1) is 21.5 Å². The first-order chi connectivity index (χ1) is 17.8. The van der Waals surface area contributed by atoms with E-state index in [2.05, 4.69) is 67.2 Å².